The van der Waals surface area contributed by atoms with Crippen LogP contribution in [0.4, 0.5) is 5.69 Å². The van der Waals surface area contributed by atoms with Crippen LogP contribution in [0.1, 0.15) is 16.8 Å². The van der Waals surface area contributed by atoms with E-state index in [4.69, 9.17) is 0 Å². The van der Waals surface area contributed by atoms with Gasteiger partial charge >= 0.3 is 0 Å². The van der Waals surface area contributed by atoms with Gasteiger partial charge in [-0.15, -0.1) is 0 Å². The Bertz CT molecular complexity index is 414. The van der Waals surface area contributed by atoms with E-state index in [1.807, 2.05) is 36.0 Å². The number of hydrogen-bond acceptors (Lipinski definition) is 3. The summed E-state index contributed by atoms with van der Waals surface area (Å²) < 4.78 is 0. The highest BCUT2D eigenvalue weighted by atomic mass is 32.2. The van der Waals surface area contributed by atoms with E-state index in [0.29, 0.717) is 0 Å². The van der Waals surface area contributed by atoms with Crippen LogP contribution in [0.15, 0.2) is 24.3 Å². The number of amides is 1. The molecule has 1 saturated heterocycles. The van der Waals surface area contributed by atoms with Gasteiger partial charge in [0.05, 0.1) is 0 Å². The normalized spacial score (nSPS) is 18.7. The Morgan fingerprint density at radius 2 is 2.33 bits per heavy atom. The first-order valence-electron chi connectivity index (χ1n) is 6.30. The highest BCUT2D eigenvalue weighted by molar-refractivity contribution is 7.99. The van der Waals surface area contributed by atoms with E-state index in [1.165, 1.54) is 17.9 Å². The molecule has 4 heteroatoms. The number of thioether (sulfide) groups is 1. The quantitative estimate of drug-likeness (QED) is 0.907. The molecule has 18 heavy (non-hydrogen) atoms. The number of anilines is 1. The summed E-state index contributed by atoms with van der Waals surface area (Å²) in [5.74, 6) is 3.35. The lowest BCUT2D eigenvalue weighted by molar-refractivity contribution is 0.0827. The van der Waals surface area contributed by atoms with Gasteiger partial charge in [0.1, 0.15) is 0 Å². The van der Waals surface area contributed by atoms with E-state index in [0.717, 1.165) is 23.7 Å². The van der Waals surface area contributed by atoms with Gasteiger partial charge in [0, 0.05) is 31.9 Å². The standard InChI is InChI=1S/C14H20N2OS/c1-16(2)14(17)12-4-3-5-13(8-12)15-9-11-6-7-18-10-11/h3-5,8,11,15H,6-7,9-10H2,1-2H3. The molecule has 1 fully saturated rings. The van der Waals surface area contributed by atoms with Crippen LogP contribution in [0.5, 0.6) is 0 Å². The topological polar surface area (TPSA) is 32.3 Å². The predicted molar refractivity (Wildman–Crippen MR) is 78.4 cm³/mol. The molecule has 0 spiro atoms. The number of carbonyl (C=O) groups is 1. The Morgan fingerprint density at radius 3 is 3.00 bits per heavy atom. The third-order valence-corrected chi connectivity index (χ3v) is 4.37. The fraction of sp³-hybridized carbons (Fsp3) is 0.500. The van der Waals surface area contributed by atoms with Crippen molar-refractivity contribution in [3.8, 4) is 0 Å². The van der Waals surface area contributed by atoms with Gasteiger partial charge in [0.15, 0.2) is 0 Å². The van der Waals surface area contributed by atoms with Gasteiger partial charge in [-0.25, -0.2) is 0 Å². The second-order valence-corrected chi connectivity index (χ2v) is 6.04. The van der Waals surface area contributed by atoms with Crippen LogP contribution in [-0.2, 0) is 0 Å². The van der Waals surface area contributed by atoms with Crippen molar-refractivity contribution in [3.63, 3.8) is 0 Å². The van der Waals surface area contributed by atoms with Gasteiger partial charge in [0.25, 0.3) is 5.91 Å². The van der Waals surface area contributed by atoms with E-state index in [2.05, 4.69) is 5.32 Å². The van der Waals surface area contributed by atoms with Gasteiger partial charge in [-0.3, -0.25) is 4.79 Å². The molecule has 1 aromatic rings. The molecule has 2 rings (SSSR count). The van der Waals surface area contributed by atoms with E-state index >= 15 is 0 Å². The molecule has 1 N–H and O–H groups in total. The zero-order valence-electron chi connectivity index (χ0n) is 11.0. The average molecular weight is 264 g/mol. The van der Waals surface area contributed by atoms with Crippen LogP contribution in [0.25, 0.3) is 0 Å². The first kappa shape index (κ1) is 13.3. The van der Waals surface area contributed by atoms with Crippen molar-refractivity contribution in [2.45, 2.75) is 6.42 Å². The molecule has 0 saturated carbocycles. The van der Waals surface area contributed by atoms with Gasteiger partial charge in [-0.1, -0.05) is 6.07 Å². The number of hydrogen-bond donors (Lipinski definition) is 1. The van der Waals surface area contributed by atoms with Crippen LogP contribution in [0, 0.1) is 5.92 Å². The molecule has 98 valence electrons. The molecule has 1 unspecified atom stereocenters. The van der Waals surface area contributed by atoms with Crippen LogP contribution >= 0.6 is 11.8 Å². The van der Waals surface area contributed by atoms with Crippen LogP contribution in [0.3, 0.4) is 0 Å². The fourth-order valence-corrected chi connectivity index (χ4v) is 3.31. The summed E-state index contributed by atoms with van der Waals surface area (Å²) in [4.78, 5) is 13.5. The van der Waals surface area contributed by atoms with E-state index in [-0.39, 0.29) is 5.91 Å². The summed E-state index contributed by atoms with van der Waals surface area (Å²) >= 11 is 2.03. The molecule has 0 aromatic heterocycles. The lowest BCUT2D eigenvalue weighted by Gasteiger charge is -2.14. The fourth-order valence-electron chi connectivity index (χ4n) is 2.03. The number of nitrogens with zero attached hydrogens (tertiary/aromatic N) is 1. The molecule has 3 nitrogen and oxygen atoms in total. The second-order valence-electron chi connectivity index (χ2n) is 4.89. The lowest BCUT2D eigenvalue weighted by Crippen LogP contribution is -2.21. The first-order valence-corrected chi connectivity index (χ1v) is 7.45. The van der Waals surface area contributed by atoms with Crippen LogP contribution < -0.4 is 5.32 Å². The highest BCUT2D eigenvalue weighted by Gasteiger charge is 2.15. The van der Waals surface area contributed by atoms with E-state index in [9.17, 15) is 4.79 Å². The first-order chi connectivity index (χ1) is 8.66. The van der Waals surface area contributed by atoms with Crippen molar-refractivity contribution in [1.29, 1.82) is 0 Å². The summed E-state index contributed by atoms with van der Waals surface area (Å²) in [5, 5.41) is 3.44. The third kappa shape index (κ3) is 3.42. The molecule has 1 aliphatic rings. The van der Waals surface area contributed by atoms with Crippen LogP contribution in [-0.4, -0.2) is 43.0 Å². The Labute approximate surface area is 113 Å². The lowest BCUT2D eigenvalue weighted by atomic mass is 10.1. The zero-order valence-corrected chi connectivity index (χ0v) is 11.8. The van der Waals surface area contributed by atoms with Gasteiger partial charge in [0.2, 0.25) is 0 Å². The third-order valence-electron chi connectivity index (χ3n) is 3.13. The Balaban J connectivity index is 1.96. The molecule has 1 aliphatic heterocycles. The molecule has 1 heterocycles. The Morgan fingerprint density at radius 1 is 1.50 bits per heavy atom. The van der Waals surface area contributed by atoms with E-state index < -0.39 is 0 Å². The minimum absolute atomic E-state index is 0.0510. The Kier molecular flexibility index (Phi) is 4.53. The largest absolute Gasteiger partial charge is 0.385 e. The Hall–Kier alpha value is -1.16. The van der Waals surface area contributed by atoms with Crippen molar-refractivity contribution in [1.82, 2.24) is 4.90 Å². The van der Waals surface area contributed by atoms with E-state index in [1.54, 1.807) is 19.0 Å². The number of benzene rings is 1. The molecular formula is C14H20N2OS. The highest BCUT2D eigenvalue weighted by Crippen LogP contribution is 2.23. The molecule has 1 atom stereocenters. The SMILES string of the molecule is CN(C)C(=O)c1cccc(NCC2CCSC2)c1. The molecular weight excluding hydrogens is 244 g/mol. The summed E-state index contributed by atoms with van der Waals surface area (Å²) in [6.45, 7) is 1.01. The molecule has 0 aliphatic carbocycles. The van der Waals surface area contributed by atoms with Gasteiger partial charge in [-0.05, 0) is 42.0 Å². The van der Waals surface area contributed by atoms with Crippen molar-refractivity contribution in [2.75, 3.05) is 37.5 Å². The minimum atomic E-state index is 0.0510. The maximum atomic E-state index is 11.9. The van der Waals surface area contributed by atoms with Gasteiger partial charge in [-0.2, -0.15) is 11.8 Å². The number of nitrogens with one attached hydrogen (secondary N) is 1. The molecule has 0 radical (unpaired) electrons. The summed E-state index contributed by atoms with van der Waals surface area (Å²) in [7, 11) is 3.55. The minimum Gasteiger partial charge on any atom is -0.385 e. The van der Waals surface area contributed by atoms with Crippen molar-refractivity contribution < 1.29 is 4.79 Å². The maximum absolute atomic E-state index is 11.9. The number of carbonyl (C=O) groups excluding carboxylic acids is 1. The molecule has 0 bridgehead atoms. The summed E-state index contributed by atoms with van der Waals surface area (Å²) in [5.41, 5.74) is 1.78. The maximum Gasteiger partial charge on any atom is 0.253 e. The number of rotatable bonds is 4. The summed E-state index contributed by atoms with van der Waals surface area (Å²) in [6.07, 6.45) is 1.30. The predicted octanol–water partition coefficient (Wildman–Crippen LogP) is 2.55. The van der Waals surface area contributed by atoms with Crippen molar-refractivity contribution in [2.24, 2.45) is 5.92 Å². The average Bonchev–Trinajstić information content (AvgIpc) is 2.89. The van der Waals surface area contributed by atoms with Crippen molar-refractivity contribution >= 4 is 23.4 Å². The monoisotopic (exact) mass is 264 g/mol. The smallest absolute Gasteiger partial charge is 0.253 e. The molecule has 1 aromatic carbocycles. The van der Waals surface area contributed by atoms with Crippen molar-refractivity contribution in [3.05, 3.63) is 29.8 Å². The van der Waals surface area contributed by atoms with Crippen LogP contribution in [0.2, 0.25) is 0 Å². The molecule has 1 amide bonds. The summed E-state index contributed by atoms with van der Waals surface area (Å²) in [6, 6.07) is 7.75. The van der Waals surface area contributed by atoms with Gasteiger partial charge < -0.3 is 10.2 Å². The second kappa shape index (κ2) is 6.14. The zero-order chi connectivity index (χ0) is 13.0.